The summed E-state index contributed by atoms with van der Waals surface area (Å²) in [5, 5.41) is 13.6. The molecule has 1 aliphatic heterocycles. The largest absolute Gasteiger partial charge is 0.393 e. The van der Waals surface area contributed by atoms with Crippen LogP contribution in [0.5, 0.6) is 0 Å². The highest BCUT2D eigenvalue weighted by Crippen LogP contribution is 2.51. The highest BCUT2D eigenvalue weighted by Gasteiger charge is 2.57. The van der Waals surface area contributed by atoms with Crippen molar-refractivity contribution in [2.45, 2.75) is 64.2 Å². The van der Waals surface area contributed by atoms with Gasteiger partial charge in [-0.25, -0.2) is 0 Å². The zero-order valence-corrected chi connectivity index (χ0v) is 11.7. The fourth-order valence-electron chi connectivity index (χ4n) is 4.47. The van der Waals surface area contributed by atoms with Gasteiger partial charge in [-0.05, 0) is 31.6 Å². The van der Waals surface area contributed by atoms with Crippen molar-refractivity contribution in [1.29, 1.82) is 0 Å². The smallest absolute Gasteiger partial charge is 0.0684 e. The number of nitrogens with one attached hydrogen (secondary N) is 1. The molecule has 3 rings (SSSR count). The summed E-state index contributed by atoms with van der Waals surface area (Å²) in [6.07, 6.45) is 6.27. The maximum atomic E-state index is 9.89. The van der Waals surface area contributed by atoms with E-state index in [2.05, 4.69) is 19.2 Å². The lowest BCUT2D eigenvalue weighted by Gasteiger charge is -2.60. The van der Waals surface area contributed by atoms with E-state index < -0.39 is 0 Å². The second-order valence-corrected chi connectivity index (χ2v) is 7.06. The summed E-state index contributed by atoms with van der Waals surface area (Å²) < 4.78 is 5.93. The summed E-state index contributed by atoms with van der Waals surface area (Å²) in [5.41, 5.74) is 0.259. The van der Waals surface area contributed by atoms with Gasteiger partial charge in [0, 0.05) is 30.5 Å². The minimum atomic E-state index is -0.0703. The highest BCUT2D eigenvalue weighted by atomic mass is 16.5. The first kappa shape index (κ1) is 12.9. The van der Waals surface area contributed by atoms with E-state index >= 15 is 0 Å². The van der Waals surface area contributed by atoms with Crippen LogP contribution in [0.2, 0.25) is 0 Å². The third-order valence-corrected chi connectivity index (χ3v) is 5.55. The maximum Gasteiger partial charge on any atom is 0.0684 e. The molecule has 5 atom stereocenters. The number of aliphatic hydroxyl groups excluding tert-OH is 1. The van der Waals surface area contributed by atoms with Crippen LogP contribution in [0.25, 0.3) is 0 Å². The molecule has 2 saturated carbocycles. The van der Waals surface area contributed by atoms with Gasteiger partial charge in [0.05, 0.1) is 12.2 Å². The van der Waals surface area contributed by atoms with E-state index in [1.165, 1.54) is 25.7 Å². The van der Waals surface area contributed by atoms with Gasteiger partial charge in [0.1, 0.15) is 0 Å². The molecule has 1 heterocycles. The Morgan fingerprint density at radius 2 is 2.06 bits per heavy atom. The molecule has 3 fully saturated rings. The molecule has 2 N–H and O–H groups in total. The van der Waals surface area contributed by atoms with Gasteiger partial charge in [0.15, 0.2) is 0 Å². The van der Waals surface area contributed by atoms with E-state index in [-0.39, 0.29) is 11.5 Å². The second-order valence-electron chi connectivity index (χ2n) is 7.06. The molecule has 0 amide bonds. The number of hydrogen-bond acceptors (Lipinski definition) is 3. The molecule has 0 aromatic carbocycles. The van der Waals surface area contributed by atoms with Crippen molar-refractivity contribution in [2.75, 3.05) is 13.2 Å². The molecule has 0 aromatic rings. The van der Waals surface area contributed by atoms with Gasteiger partial charge in [-0.3, -0.25) is 0 Å². The van der Waals surface area contributed by atoms with Crippen LogP contribution in [-0.4, -0.2) is 36.5 Å². The molecule has 3 aliphatic rings. The van der Waals surface area contributed by atoms with Gasteiger partial charge >= 0.3 is 0 Å². The van der Waals surface area contributed by atoms with Crippen molar-refractivity contribution in [3.8, 4) is 0 Å². The molecule has 104 valence electrons. The lowest BCUT2D eigenvalue weighted by Crippen LogP contribution is -2.69. The average molecular weight is 253 g/mol. The van der Waals surface area contributed by atoms with E-state index in [0.717, 1.165) is 19.6 Å². The van der Waals surface area contributed by atoms with Gasteiger partial charge in [0.2, 0.25) is 0 Å². The minimum Gasteiger partial charge on any atom is -0.393 e. The van der Waals surface area contributed by atoms with Crippen LogP contribution in [0.4, 0.5) is 0 Å². The number of ether oxygens (including phenoxy) is 1. The number of aliphatic hydroxyl groups is 1. The number of fused-ring (bicyclic) bond motifs is 1. The molecular weight excluding hydrogens is 226 g/mol. The van der Waals surface area contributed by atoms with Crippen molar-refractivity contribution >= 4 is 0 Å². The molecule has 1 saturated heterocycles. The molecule has 3 nitrogen and oxygen atoms in total. The van der Waals surface area contributed by atoms with Gasteiger partial charge in [0.25, 0.3) is 0 Å². The van der Waals surface area contributed by atoms with Gasteiger partial charge < -0.3 is 15.2 Å². The Balaban J connectivity index is 1.55. The molecule has 3 heteroatoms. The SMILES string of the molecule is CC1(C)C(NCC2CCCC2O)C2CCCOC21. The molecule has 0 spiro atoms. The predicted octanol–water partition coefficient (Wildman–Crippen LogP) is 1.94. The van der Waals surface area contributed by atoms with Crippen LogP contribution in [0.15, 0.2) is 0 Å². The Bertz CT molecular complexity index is 305. The third-order valence-electron chi connectivity index (χ3n) is 5.55. The van der Waals surface area contributed by atoms with Crippen LogP contribution in [0.1, 0.15) is 46.0 Å². The van der Waals surface area contributed by atoms with Crippen LogP contribution in [0, 0.1) is 17.3 Å². The highest BCUT2D eigenvalue weighted by molar-refractivity contribution is 5.10. The van der Waals surface area contributed by atoms with Crippen molar-refractivity contribution < 1.29 is 9.84 Å². The standard InChI is InChI=1S/C15H27NO2/c1-15(2)13(11-6-4-8-18-14(11)15)16-9-10-5-3-7-12(10)17/h10-14,16-17H,3-9H2,1-2H3. The molecular formula is C15H27NO2. The molecule has 5 unspecified atom stereocenters. The lowest BCUT2D eigenvalue weighted by molar-refractivity contribution is -0.193. The maximum absolute atomic E-state index is 9.89. The van der Waals surface area contributed by atoms with Gasteiger partial charge in [-0.1, -0.05) is 20.3 Å². The molecule has 2 aliphatic carbocycles. The molecule has 18 heavy (non-hydrogen) atoms. The summed E-state index contributed by atoms with van der Waals surface area (Å²) in [6.45, 7) is 6.57. The summed E-state index contributed by atoms with van der Waals surface area (Å²) in [5.74, 6) is 1.18. The topological polar surface area (TPSA) is 41.5 Å². The Hall–Kier alpha value is -0.120. The third kappa shape index (κ3) is 2.00. The van der Waals surface area contributed by atoms with Gasteiger partial charge in [-0.2, -0.15) is 0 Å². The van der Waals surface area contributed by atoms with E-state index in [4.69, 9.17) is 4.74 Å². The van der Waals surface area contributed by atoms with E-state index in [9.17, 15) is 5.11 Å². The normalized spacial score (nSPS) is 46.5. The minimum absolute atomic E-state index is 0.0703. The predicted molar refractivity (Wildman–Crippen MR) is 71.4 cm³/mol. The Labute approximate surface area is 110 Å². The number of rotatable bonds is 3. The summed E-state index contributed by atoms with van der Waals surface area (Å²) in [6, 6.07) is 0.579. The van der Waals surface area contributed by atoms with E-state index in [1.807, 2.05) is 0 Å². The zero-order valence-electron chi connectivity index (χ0n) is 11.7. The monoisotopic (exact) mass is 253 g/mol. The summed E-state index contributed by atoms with van der Waals surface area (Å²) >= 11 is 0. The fourth-order valence-corrected chi connectivity index (χ4v) is 4.47. The van der Waals surface area contributed by atoms with E-state index in [0.29, 0.717) is 24.0 Å². The summed E-state index contributed by atoms with van der Waals surface area (Å²) in [7, 11) is 0. The fraction of sp³-hybridized carbons (Fsp3) is 1.00. The van der Waals surface area contributed by atoms with Crippen LogP contribution >= 0.6 is 0 Å². The lowest BCUT2D eigenvalue weighted by atomic mass is 9.55. The zero-order chi connectivity index (χ0) is 12.8. The molecule has 0 bridgehead atoms. The average Bonchev–Trinajstić information content (AvgIpc) is 2.75. The van der Waals surface area contributed by atoms with Crippen molar-refractivity contribution in [3.05, 3.63) is 0 Å². The summed E-state index contributed by atoms with van der Waals surface area (Å²) in [4.78, 5) is 0. The van der Waals surface area contributed by atoms with Crippen LogP contribution < -0.4 is 5.32 Å². The second kappa shape index (κ2) is 4.77. The first-order valence-electron chi connectivity index (χ1n) is 7.64. The van der Waals surface area contributed by atoms with Crippen molar-refractivity contribution in [1.82, 2.24) is 5.32 Å². The van der Waals surface area contributed by atoms with Gasteiger partial charge in [-0.15, -0.1) is 0 Å². The number of hydrogen-bond donors (Lipinski definition) is 2. The van der Waals surface area contributed by atoms with Crippen molar-refractivity contribution in [3.63, 3.8) is 0 Å². The van der Waals surface area contributed by atoms with Crippen molar-refractivity contribution in [2.24, 2.45) is 17.3 Å². The van der Waals surface area contributed by atoms with Crippen LogP contribution in [-0.2, 0) is 4.74 Å². The Morgan fingerprint density at radius 3 is 2.78 bits per heavy atom. The Kier molecular flexibility index (Phi) is 3.41. The first-order chi connectivity index (χ1) is 8.60. The van der Waals surface area contributed by atoms with Crippen LogP contribution in [0.3, 0.4) is 0 Å². The molecule has 0 aromatic heterocycles. The Morgan fingerprint density at radius 1 is 1.22 bits per heavy atom. The van der Waals surface area contributed by atoms with E-state index in [1.54, 1.807) is 0 Å². The molecule has 0 radical (unpaired) electrons. The quantitative estimate of drug-likeness (QED) is 0.807. The first-order valence-corrected chi connectivity index (χ1v) is 7.64.